The molecule has 0 aromatic carbocycles. The minimum absolute atomic E-state index is 0.128. The molecule has 86 valence electrons. The van der Waals surface area contributed by atoms with Crippen LogP contribution in [-0.4, -0.2) is 23.7 Å². The lowest BCUT2D eigenvalue weighted by molar-refractivity contribution is -0.140. The van der Waals surface area contributed by atoms with Gasteiger partial charge in [-0.3, -0.25) is 4.79 Å². The maximum Gasteiger partial charge on any atom is 0.341 e. The van der Waals surface area contributed by atoms with Crippen molar-refractivity contribution in [2.24, 2.45) is 0 Å². The number of ketones is 1. The summed E-state index contributed by atoms with van der Waals surface area (Å²) in [5, 5.41) is 0.150. The number of hydrogen-bond acceptors (Lipinski definition) is 3. The number of ether oxygens (including phenoxy) is 1. The lowest BCUT2D eigenvalue weighted by Crippen LogP contribution is -2.17. The first-order valence-electron chi connectivity index (χ1n) is 5.09. The molecule has 0 heterocycles. The number of Topliss-reactive ketones (excluding diaryl/α,β-unsaturated/α-hetero) is 1. The number of carbonyl (C=O) groups is 2. The van der Waals surface area contributed by atoms with E-state index in [2.05, 4.69) is 22.9 Å². The fourth-order valence-corrected chi connectivity index (χ4v) is 1.36. The summed E-state index contributed by atoms with van der Waals surface area (Å²) in [6, 6.07) is 0. The Bertz CT molecular complexity index is 246. The van der Waals surface area contributed by atoms with E-state index in [1.165, 1.54) is 6.08 Å². The van der Waals surface area contributed by atoms with Gasteiger partial charge in [0, 0.05) is 0 Å². The molecule has 0 saturated carbocycles. The van der Waals surface area contributed by atoms with Gasteiger partial charge in [-0.05, 0) is 13.3 Å². The maximum absolute atomic E-state index is 11.4. The van der Waals surface area contributed by atoms with E-state index in [1.54, 1.807) is 6.92 Å². The van der Waals surface area contributed by atoms with Gasteiger partial charge in [-0.1, -0.05) is 41.8 Å². The summed E-state index contributed by atoms with van der Waals surface area (Å²) < 4.78 is 4.97. The highest BCUT2D eigenvalue weighted by molar-refractivity contribution is 9.09. The number of carbonyl (C=O) groups excluding carboxylic acids is 2. The van der Waals surface area contributed by atoms with Crippen LogP contribution < -0.4 is 0 Å². The first-order valence-corrected chi connectivity index (χ1v) is 6.22. The van der Waals surface area contributed by atoms with Crippen molar-refractivity contribution in [3.63, 3.8) is 0 Å². The standard InChI is InChI=1S/C11H17BrO3/c1-3-5-6-7-15-11(14)9(4-2)10(13)8-12/h4H,3,5-8H2,1-2H3. The van der Waals surface area contributed by atoms with E-state index in [4.69, 9.17) is 4.74 Å². The van der Waals surface area contributed by atoms with E-state index in [9.17, 15) is 9.59 Å². The molecule has 0 fully saturated rings. The average molecular weight is 277 g/mol. The highest BCUT2D eigenvalue weighted by atomic mass is 79.9. The SMILES string of the molecule is CC=C(C(=O)CBr)C(=O)OCCCCC. The normalized spacial score (nSPS) is 11.3. The van der Waals surface area contributed by atoms with Gasteiger partial charge in [0.25, 0.3) is 0 Å². The summed E-state index contributed by atoms with van der Waals surface area (Å²) in [5.41, 5.74) is 0.128. The molecule has 0 N–H and O–H groups in total. The van der Waals surface area contributed by atoms with E-state index < -0.39 is 5.97 Å². The number of hydrogen-bond donors (Lipinski definition) is 0. The van der Waals surface area contributed by atoms with Crippen molar-refractivity contribution in [3.05, 3.63) is 11.6 Å². The van der Waals surface area contributed by atoms with Crippen molar-refractivity contribution in [3.8, 4) is 0 Å². The Hall–Kier alpha value is -0.640. The third kappa shape index (κ3) is 5.72. The molecular weight excluding hydrogens is 260 g/mol. The molecule has 0 aliphatic rings. The van der Waals surface area contributed by atoms with Crippen LogP contribution in [0.4, 0.5) is 0 Å². The summed E-state index contributed by atoms with van der Waals surface area (Å²) in [6.45, 7) is 4.12. The van der Waals surface area contributed by atoms with Crippen molar-refractivity contribution in [1.29, 1.82) is 0 Å². The van der Waals surface area contributed by atoms with Gasteiger partial charge in [0.15, 0.2) is 5.78 Å². The highest BCUT2D eigenvalue weighted by Crippen LogP contribution is 2.04. The predicted molar refractivity (Wildman–Crippen MR) is 63.0 cm³/mol. The molecule has 0 rings (SSSR count). The lowest BCUT2D eigenvalue weighted by atomic mass is 10.2. The molecule has 0 aromatic rings. The molecule has 3 nitrogen and oxygen atoms in total. The Balaban J connectivity index is 4.02. The van der Waals surface area contributed by atoms with Crippen molar-refractivity contribution < 1.29 is 14.3 Å². The Kier molecular flexibility index (Phi) is 8.28. The first kappa shape index (κ1) is 14.4. The molecule has 0 saturated heterocycles. The van der Waals surface area contributed by atoms with Crippen LogP contribution in [0.5, 0.6) is 0 Å². The summed E-state index contributed by atoms with van der Waals surface area (Å²) >= 11 is 3.02. The first-order chi connectivity index (χ1) is 7.17. The summed E-state index contributed by atoms with van der Waals surface area (Å²) in [6.07, 6.45) is 4.45. The van der Waals surface area contributed by atoms with Crippen LogP contribution in [0.3, 0.4) is 0 Å². The zero-order valence-electron chi connectivity index (χ0n) is 9.22. The van der Waals surface area contributed by atoms with Crippen molar-refractivity contribution >= 4 is 27.7 Å². The Morgan fingerprint density at radius 3 is 2.47 bits per heavy atom. The zero-order chi connectivity index (χ0) is 11.7. The second-order valence-corrected chi connectivity index (χ2v) is 3.66. The Labute approximate surface area is 99.0 Å². The van der Waals surface area contributed by atoms with Crippen molar-refractivity contribution in [2.75, 3.05) is 11.9 Å². The third-order valence-electron chi connectivity index (χ3n) is 1.91. The predicted octanol–water partition coefficient (Wildman–Crippen LogP) is 2.63. The van der Waals surface area contributed by atoms with Gasteiger partial charge >= 0.3 is 5.97 Å². The monoisotopic (exact) mass is 276 g/mol. The molecular formula is C11H17BrO3. The van der Waals surface area contributed by atoms with E-state index in [-0.39, 0.29) is 16.7 Å². The smallest absolute Gasteiger partial charge is 0.341 e. The third-order valence-corrected chi connectivity index (χ3v) is 2.42. The number of rotatable bonds is 7. The van der Waals surface area contributed by atoms with Crippen LogP contribution in [0, 0.1) is 0 Å². The minimum atomic E-state index is -0.516. The van der Waals surface area contributed by atoms with Crippen LogP contribution in [-0.2, 0) is 14.3 Å². The maximum atomic E-state index is 11.4. The fourth-order valence-electron chi connectivity index (χ4n) is 1.06. The second kappa shape index (κ2) is 8.65. The van der Waals surface area contributed by atoms with E-state index in [1.807, 2.05) is 0 Å². The van der Waals surface area contributed by atoms with Crippen molar-refractivity contribution in [1.82, 2.24) is 0 Å². The quantitative estimate of drug-likeness (QED) is 0.179. The van der Waals surface area contributed by atoms with Crippen LogP contribution >= 0.6 is 15.9 Å². The molecule has 0 aliphatic heterocycles. The lowest BCUT2D eigenvalue weighted by Gasteiger charge is -2.05. The van der Waals surface area contributed by atoms with Gasteiger partial charge in [-0.15, -0.1) is 0 Å². The van der Waals surface area contributed by atoms with Gasteiger partial charge in [0.05, 0.1) is 17.5 Å². The highest BCUT2D eigenvalue weighted by Gasteiger charge is 2.16. The van der Waals surface area contributed by atoms with Gasteiger partial charge in [-0.2, -0.15) is 0 Å². The fraction of sp³-hybridized carbons (Fsp3) is 0.636. The molecule has 0 radical (unpaired) electrons. The molecule has 15 heavy (non-hydrogen) atoms. The number of halogens is 1. The van der Waals surface area contributed by atoms with Crippen LogP contribution in [0.15, 0.2) is 11.6 Å². The van der Waals surface area contributed by atoms with E-state index in [0.29, 0.717) is 6.61 Å². The van der Waals surface area contributed by atoms with Crippen LogP contribution in [0.2, 0.25) is 0 Å². The summed E-state index contributed by atoms with van der Waals surface area (Å²) in [5.74, 6) is -0.754. The van der Waals surface area contributed by atoms with Crippen LogP contribution in [0.1, 0.15) is 33.1 Å². The number of allylic oxidation sites excluding steroid dienone is 1. The van der Waals surface area contributed by atoms with Crippen molar-refractivity contribution in [2.45, 2.75) is 33.1 Å². The van der Waals surface area contributed by atoms with Gasteiger partial charge in [0.1, 0.15) is 0 Å². The zero-order valence-corrected chi connectivity index (χ0v) is 10.8. The molecule has 0 atom stereocenters. The average Bonchev–Trinajstić information content (AvgIpc) is 2.25. The topological polar surface area (TPSA) is 43.4 Å². The molecule has 0 amide bonds. The Morgan fingerprint density at radius 1 is 1.33 bits per heavy atom. The molecule has 0 unspecified atom stereocenters. The molecule has 0 spiro atoms. The van der Waals surface area contributed by atoms with Gasteiger partial charge < -0.3 is 4.74 Å². The van der Waals surface area contributed by atoms with Crippen LogP contribution in [0.25, 0.3) is 0 Å². The minimum Gasteiger partial charge on any atom is -0.462 e. The summed E-state index contributed by atoms with van der Waals surface area (Å²) in [7, 11) is 0. The summed E-state index contributed by atoms with van der Waals surface area (Å²) in [4.78, 5) is 22.7. The van der Waals surface area contributed by atoms with Gasteiger partial charge in [0.2, 0.25) is 0 Å². The molecule has 0 bridgehead atoms. The van der Waals surface area contributed by atoms with E-state index >= 15 is 0 Å². The number of alkyl halides is 1. The second-order valence-electron chi connectivity index (χ2n) is 3.10. The number of esters is 1. The van der Waals surface area contributed by atoms with E-state index in [0.717, 1.165) is 19.3 Å². The van der Waals surface area contributed by atoms with Gasteiger partial charge in [-0.25, -0.2) is 4.79 Å². The largest absolute Gasteiger partial charge is 0.462 e. The molecule has 0 aliphatic carbocycles. The Morgan fingerprint density at radius 2 is 2.00 bits per heavy atom. The molecule has 0 aromatic heterocycles. The number of unbranched alkanes of at least 4 members (excludes halogenated alkanes) is 2. The molecule has 4 heteroatoms.